The molecule has 24 heavy (non-hydrogen) atoms. The van der Waals surface area contributed by atoms with Gasteiger partial charge in [-0.2, -0.15) is 0 Å². The van der Waals surface area contributed by atoms with E-state index in [0.29, 0.717) is 30.8 Å². The number of anilines is 1. The first-order valence-electron chi connectivity index (χ1n) is 8.11. The van der Waals surface area contributed by atoms with E-state index in [1.54, 1.807) is 34.1 Å². The predicted molar refractivity (Wildman–Crippen MR) is 88.1 cm³/mol. The molecule has 2 aromatic rings. The van der Waals surface area contributed by atoms with Gasteiger partial charge in [0, 0.05) is 6.54 Å². The molecule has 2 aliphatic heterocycles. The lowest BCUT2D eigenvalue weighted by Crippen LogP contribution is -2.44. The van der Waals surface area contributed by atoms with Crippen molar-refractivity contribution in [3.63, 3.8) is 0 Å². The maximum atomic E-state index is 13.1. The third-order valence-electron chi connectivity index (χ3n) is 4.74. The lowest BCUT2D eigenvalue weighted by atomic mass is 10.1. The molecule has 1 fully saturated rings. The summed E-state index contributed by atoms with van der Waals surface area (Å²) in [6, 6.07) is 12.9. The van der Waals surface area contributed by atoms with Gasteiger partial charge in [-0.3, -0.25) is 9.59 Å². The minimum atomic E-state index is -0.398. The molecule has 4 nitrogen and oxygen atoms in total. The van der Waals surface area contributed by atoms with Gasteiger partial charge in [-0.1, -0.05) is 24.3 Å². The number of carbonyl (C=O) groups excluding carboxylic acids is 2. The molecule has 1 saturated heterocycles. The molecule has 0 bridgehead atoms. The van der Waals surface area contributed by atoms with E-state index >= 15 is 0 Å². The number of fused-ring (bicyclic) bond motifs is 2. The van der Waals surface area contributed by atoms with Gasteiger partial charge in [0.25, 0.3) is 5.91 Å². The molecule has 2 amide bonds. The molecule has 1 atom stereocenters. The summed E-state index contributed by atoms with van der Waals surface area (Å²) in [4.78, 5) is 29.2. The normalized spacial score (nSPS) is 20.0. The van der Waals surface area contributed by atoms with Crippen molar-refractivity contribution in [2.24, 2.45) is 0 Å². The van der Waals surface area contributed by atoms with Crippen LogP contribution in [0.4, 0.5) is 10.1 Å². The van der Waals surface area contributed by atoms with Crippen LogP contribution in [-0.4, -0.2) is 29.3 Å². The first kappa shape index (κ1) is 14.9. The number of para-hydroxylation sites is 1. The Morgan fingerprint density at radius 2 is 1.79 bits per heavy atom. The highest BCUT2D eigenvalue weighted by atomic mass is 19.1. The molecular weight excluding hydrogens is 307 g/mol. The van der Waals surface area contributed by atoms with Crippen molar-refractivity contribution in [1.29, 1.82) is 0 Å². The Morgan fingerprint density at radius 1 is 1.04 bits per heavy atom. The summed E-state index contributed by atoms with van der Waals surface area (Å²) < 4.78 is 13.1. The van der Waals surface area contributed by atoms with Crippen LogP contribution in [0.3, 0.4) is 0 Å². The predicted octanol–water partition coefficient (Wildman–Crippen LogP) is 2.98. The summed E-state index contributed by atoms with van der Waals surface area (Å²) in [6.07, 6.45) is 1.53. The van der Waals surface area contributed by atoms with Crippen LogP contribution in [0.15, 0.2) is 48.5 Å². The second kappa shape index (κ2) is 5.74. The van der Waals surface area contributed by atoms with Crippen LogP contribution in [0.5, 0.6) is 0 Å². The van der Waals surface area contributed by atoms with E-state index < -0.39 is 6.04 Å². The van der Waals surface area contributed by atoms with Gasteiger partial charge in [0.1, 0.15) is 11.9 Å². The van der Waals surface area contributed by atoms with Crippen molar-refractivity contribution < 1.29 is 14.0 Å². The fourth-order valence-electron chi connectivity index (χ4n) is 3.55. The maximum Gasteiger partial charge on any atom is 0.256 e. The minimum absolute atomic E-state index is 0.0601. The number of benzene rings is 2. The van der Waals surface area contributed by atoms with E-state index in [1.807, 2.05) is 12.1 Å². The highest BCUT2D eigenvalue weighted by Gasteiger charge is 2.41. The minimum Gasteiger partial charge on any atom is -0.327 e. The molecule has 2 heterocycles. The largest absolute Gasteiger partial charge is 0.327 e. The van der Waals surface area contributed by atoms with E-state index in [2.05, 4.69) is 0 Å². The van der Waals surface area contributed by atoms with E-state index in [1.165, 1.54) is 12.1 Å². The number of hydrogen-bond donors (Lipinski definition) is 0. The van der Waals surface area contributed by atoms with Crippen molar-refractivity contribution in [3.05, 3.63) is 65.5 Å². The zero-order valence-electron chi connectivity index (χ0n) is 13.1. The van der Waals surface area contributed by atoms with Crippen LogP contribution < -0.4 is 4.90 Å². The molecule has 0 aliphatic carbocycles. The summed E-state index contributed by atoms with van der Waals surface area (Å²) in [5.74, 6) is -0.448. The van der Waals surface area contributed by atoms with Gasteiger partial charge in [-0.25, -0.2) is 4.39 Å². The number of carbonyl (C=O) groups is 2. The molecule has 0 aromatic heterocycles. The lowest BCUT2D eigenvalue weighted by molar-refractivity contribution is -0.122. The lowest BCUT2D eigenvalue weighted by Gasteiger charge is -2.26. The topological polar surface area (TPSA) is 40.6 Å². The fourth-order valence-corrected chi connectivity index (χ4v) is 3.55. The van der Waals surface area contributed by atoms with Crippen molar-refractivity contribution in [2.75, 3.05) is 11.4 Å². The average molecular weight is 324 g/mol. The maximum absolute atomic E-state index is 13.1. The summed E-state index contributed by atoms with van der Waals surface area (Å²) in [5, 5.41) is 0. The third-order valence-corrected chi connectivity index (χ3v) is 4.74. The van der Waals surface area contributed by atoms with Crippen LogP contribution in [0.1, 0.15) is 28.8 Å². The summed E-state index contributed by atoms with van der Waals surface area (Å²) >= 11 is 0. The fraction of sp³-hybridized carbons (Fsp3) is 0.263. The second-order valence-corrected chi connectivity index (χ2v) is 6.22. The van der Waals surface area contributed by atoms with Crippen LogP contribution in [0.25, 0.3) is 0 Å². The van der Waals surface area contributed by atoms with Crippen LogP contribution in [-0.2, 0) is 11.3 Å². The molecule has 4 rings (SSSR count). The Morgan fingerprint density at radius 3 is 2.58 bits per heavy atom. The van der Waals surface area contributed by atoms with E-state index in [-0.39, 0.29) is 17.6 Å². The van der Waals surface area contributed by atoms with Crippen molar-refractivity contribution in [3.8, 4) is 0 Å². The van der Waals surface area contributed by atoms with Gasteiger partial charge in [-0.05, 0) is 42.7 Å². The Bertz CT molecular complexity index is 803. The molecule has 0 N–H and O–H groups in total. The Hall–Kier alpha value is -2.69. The smallest absolute Gasteiger partial charge is 0.256 e. The molecule has 122 valence electrons. The number of amides is 2. The Kier molecular flexibility index (Phi) is 3.56. The number of nitrogens with zero attached hydrogens (tertiary/aromatic N) is 2. The quantitative estimate of drug-likeness (QED) is 0.852. The third kappa shape index (κ3) is 2.37. The molecule has 2 aromatic carbocycles. The van der Waals surface area contributed by atoms with Crippen LogP contribution in [0.2, 0.25) is 0 Å². The number of hydrogen-bond acceptors (Lipinski definition) is 2. The molecule has 0 saturated carbocycles. The van der Waals surface area contributed by atoms with E-state index in [9.17, 15) is 14.0 Å². The average Bonchev–Trinajstić information content (AvgIpc) is 3.07. The van der Waals surface area contributed by atoms with Gasteiger partial charge < -0.3 is 9.80 Å². The zero-order valence-corrected chi connectivity index (χ0v) is 13.1. The number of halogens is 1. The monoisotopic (exact) mass is 324 g/mol. The highest BCUT2D eigenvalue weighted by molar-refractivity contribution is 6.11. The molecule has 2 aliphatic rings. The van der Waals surface area contributed by atoms with Gasteiger partial charge >= 0.3 is 0 Å². The molecule has 5 heteroatoms. The number of rotatable bonds is 2. The van der Waals surface area contributed by atoms with Gasteiger partial charge in [0.2, 0.25) is 5.91 Å². The first-order valence-corrected chi connectivity index (χ1v) is 8.11. The Labute approximate surface area is 139 Å². The van der Waals surface area contributed by atoms with E-state index in [4.69, 9.17) is 0 Å². The summed E-state index contributed by atoms with van der Waals surface area (Å²) in [5.41, 5.74) is 2.02. The summed E-state index contributed by atoms with van der Waals surface area (Å²) in [6.45, 7) is 0.946. The molecule has 0 spiro atoms. The Balaban J connectivity index is 1.78. The van der Waals surface area contributed by atoms with Crippen molar-refractivity contribution in [1.82, 2.24) is 4.90 Å². The van der Waals surface area contributed by atoms with Gasteiger partial charge in [-0.15, -0.1) is 0 Å². The van der Waals surface area contributed by atoms with Crippen molar-refractivity contribution >= 4 is 17.5 Å². The van der Waals surface area contributed by atoms with Crippen LogP contribution >= 0.6 is 0 Å². The highest BCUT2D eigenvalue weighted by Crippen LogP contribution is 2.33. The van der Waals surface area contributed by atoms with Gasteiger partial charge in [0.15, 0.2) is 0 Å². The van der Waals surface area contributed by atoms with E-state index in [0.717, 1.165) is 12.0 Å². The second-order valence-electron chi connectivity index (χ2n) is 6.22. The molecular formula is C19H17FN2O2. The van der Waals surface area contributed by atoms with Crippen LogP contribution in [0, 0.1) is 5.82 Å². The van der Waals surface area contributed by atoms with Crippen molar-refractivity contribution in [2.45, 2.75) is 25.4 Å². The summed E-state index contributed by atoms with van der Waals surface area (Å²) in [7, 11) is 0. The molecule has 1 unspecified atom stereocenters. The zero-order chi connectivity index (χ0) is 16.7. The first-order chi connectivity index (χ1) is 11.6. The SMILES string of the molecule is O=C1C2CCCN2C(=O)c2ccccc2N1Cc1ccc(F)cc1. The van der Waals surface area contributed by atoms with Gasteiger partial charge in [0.05, 0.1) is 17.8 Å². The standard InChI is InChI=1S/C19H17FN2O2/c20-14-9-7-13(8-10-14)12-22-16-5-2-1-4-15(16)18(23)21-11-3-6-17(21)19(22)24/h1-2,4-5,7-10,17H,3,6,11-12H2. The molecule has 0 radical (unpaired) electrons.